The highest BCUT2D eigenvalue weighted by atomic mass is 19.4. The van der Waals surface area contributed by atoms with Crippen molar-refractivity contribution in [3.05, 3.63) is 0 Å². The number of carbonyl (C=O) groups excluding carboxylic acids is 2. The first-order valence-corrected chi connectivity index (χ1v) is 7.83. The van der Waals surface area contributed by atoms with Gasteiger partial charge >= 0.3 is 12.3 Å². The number of rotatable bonds is 4. The van der Waals surface area contributed by atoms with Crippen LogP contribution in [-0.4, -0.2) is 96.9 Å². The third kappa shape index (κ3) is 8.05. The molecular formula is C14H22F3N3O5. The molecule has 2 aliphatic heterocycles. The SMILES string of the molecule is O=C(CN1CCOC1=O)N1CCCN(CCC(F)(F)F)CC1.O=CO. The van der Waals surface area contributed by atoms with Gasteiger partial charge < -0.3 is 19.6 Å². The van der Waals surface area contributed by atoms with Crippen LogP contribution in [-0.2, 0) is 14.3 Å². The number of alkyl halides is 3. The number of cyclic esters (lactones) is 1. The van der Waals surface area contributed by atoms with Crippen LogP contribution in [0.1, 0.15) is 12.8 Å². The molecular weight excluding hydrogens is 347 g/mol. The summed E-state index contributed by atoms with van der Waals surface area (Å²) in [6.07, 6.45) is -4.85. The van der Waals surface area contributed by atoms with Crippen LogP contribution in [0.3, 0.4) is 0 Å². The van der Waals surface area contributed by atoms with Gasteiger partial charge in [-0.25, -0.2) is 4.79 Å². The second kappa shape index (κ2) is 10.1. The van der Waals surface area contributed by atoms with Gasteiger partial charge in [0.05, 0.1) is 13.0 Å². The number of carbonyl (C=O) groups is 3. The molecule has 0 saturated carbocycles. The minimum atomic E-state index is -4.15. The number of ether oxygens (including phenoxy) is 1. The topological polar surface area (TPSA) is 90.4 Å². The van der Waals surface area contributed by atoms with Crippen molar-refractivity contribution >= 4 is 18.5 Å². The minimum absolute atomic E-state index is 0.0264. The second-order valence-electron chi connectivity index (χ2n) is 5.58. The molecule has 0 aromatic carbocycles. The summed E-state index contributed by atoms with van der Waals surface area (Å²) in [6, 6.07) is 0. The zero-order chi connectivity index (χ0) is 18.9. The van der Waals surface area contributed by atoms with Gasteiger partial charge in [-0.15, -0.1) is 0 Å². The molecule has 2 amide bonds. The molecule has 0 bridgehead atoms. The fourth-order valence-electron chi connectivity index (χ4n) is 2.56. The van der Waals surface area contributed by atoms with Gasteiger partial charge in [0, 0.05) is 26.2 Å². The lowest BCUT2D eigenvalue weighted by Gasteiger charge is -2.23. The monoisotopic (exact) mass is 369 g/mol. The van der Waals surface area contributed by atoms with Gasteiger partial charge in [0.25, 0.3) is 6.47 Å². The van der Waals surface area contributed by atoms with Crippen LogP contribution in [0.2, 0.25) is 0 Å². The van der Waals surface area contributed by atoms with Crippen LogP contribution >= 0.6 is 0 Å². The standard InChI is InChI=1S/C13H20F3N3O3.CH2O2/c14-13(15,16)2-5-17-3-1-4-18(7-6-17)11(20)10-19-8-9-22-12(19)21;2-1-3/h1-10H2;1H,(H,2,3). The molecule has 0 atom stereocenters. The molecule has 0 unspecified atom stereocenters. The Hall–Kier alpha value is -2.04. The quantitative estimate of drug-likeness (QED) is 0.731. The van der Waals surface area contributed by atoms with E-state index < -0.39 is 18.7 Å². The third-order valence-corrected chi connectivity index (χ3v) is 3.82. The summed E-state index contributed by atoms with van der Waals surface area (Å²) in [4.78, 5) is 36.5. The van der Waals surface area contributed by atoms with E-state index in [1.165, 1.54) is 4.90 Å². The van der Waals surface area contributed by atoms with E-state index in [0.717, 1.165) is 0 Å². The molecule has 2 aliphatic rings. The Morgan fingerprint density at radius 3 is 2.44 bits per heavy atom. The van der Waals surface area contributed by atoms with Crippen LogP contribution in [0.5, 0.6) is 0 Å². The second-order valence-corrected chi connectivity index (χ2v) is 5.58. The van der Waals surface area contributed by atoms with E-state index in [-0.39, 0.29) is 32.1 Å². The van der Waals surface area contributed by atoms with Crippen molar-refractivity contribution in [1.82, 2.24) is 14.7 Å². The summed E-state index contributed by atoms with van der Waals surface area (Å²) >= 11 is 0. The predicted octanol–water partition coefficient (Wildman–Crippen LogP) is 0.626. The molecule has 11 heteroatoms. The Labute approximate surface area is 143 Å². The minimum Gasteiger partial charge on any atom is -0.483 e. The van der Waals surface area contributed by atoms with E-state index in [0.29, 0.717) is 39.1 Å². The Morgan fingerprint density at radius 1 is 1.20 bits per heavy atom. The maximum atomic E-state index is 12.2. The van der Waals surface area contributed by atoms with Crippen molar-refractivity contribution in [2.45, 2.75) is 19.0 Å². The van der Waals surface area contributed by atoms with Gasteiger partial charge in [-0.1, -0.05) is 0 Å². The molecule has 2 rings (SSSR count). The first-order valence-electron chi connectivity index (χ1n) is 7.83. The average Bonchev–Trinajstić information content (AvgIpc) is 2.79. The van der Waals surface area contributed by atoms with Crippen LogP contribution in [0.4, 0.5) is 18.0 Å². The van der Waals surface area contributed by atoms with Crippen LogP contribution in [0, 0.1) is 0 Å². The van der Waals surface area contributed by atoms with Crippen molar-refractivity contribution < 1.29 is 37.4 Å². The van der Waals surface area contributed by atoms with E-state index in [9.17, 15) is 22.8 Å². The van der Waals surface area contributed by atoms with Crippen molar-refractivity contribution in [3.63, 3.8) is 0 Å². The van der Waals surface area contributed by atoms with Crippen LogP contribution in [0.15, 0.2) is 0 Å². The largest absolute Gasteiger partial charge is 0.483 e. The summed E-state index contributed by atoms with van der Waals surface area (Å²) in [5.41, 5.74) is 0. The number of hydrogen-bond donors (Lipinski definition) is 1. The zero-order valence-electron chi connectivity index (χ0n) is 13.7. The van der Waals surface area contributed by atoms with Gasteiger partial charge in [-0.3, -0.25) is 14.5 Å². The molecule has 0 aromatic rings. The maximum Gasteiger partial charge on any atom is 0.410 e. The van der Waals surface area contributed by atoms with E-state index in [1.54, 1.807) is 9.80 Å². The number of carboxylic acid groups (broad SMARTS) is 1. The van der Waals surface area contributed by atoms with Gasteiger partial charge in [0.2, 0.25) is 5.91 Å². The summed E-state index contributed by atoms with van der Waals surface area (Å²) in [6.45, 7) is 2.24. The van der Waals surface area contributed by atoms with E-state index in [2.05, 4.69) is 0 Å². The number of amides is 2. The first-order chi connectivity index (χ1) is 11.8. The molecule has 8 nitrogen and oxygen atoms in total. The molecule has 2 fully saturated rings. The van der Waals surface area contributed by atoms with Crippen molar-refractivity contribution in [2.75, 3.05) is 52.4 Å². The lowest BCUT2D eigenvalue weighted by molar-refractivity contribution is -0.138. The molecule has 0 spiro atoms. The third-order valence-electron chi connectivity index (χ3n) is 3.82. The average molecular weight is 369 g/mol. The van der Waals surface area contributed by atoms with Crippen molar-refractivity contribution in [3.8, 4) is 0 Å². The van der Waals surface area contributed by atoms with E-state index in [1.807, 2.05) is 0 Å². The maximum absolute atomic E-state index is 12.2. The molecule has 25 heavy (non-hydrogen) atoms. The lowest BCUT2D eigenvalue weighted by Crippen LogP contribution is -2.42. The zero-order valence-corrected chi connectivity index (χ0v) is 13.7. The van der Waals surface area contributed by atoms with Crippen LogP contribution < -0.4 is 0 Å². The molecule has 144 valence electrons. The molecule has 2 saturated heterocycles. The Balaban J connectivity index is 0.000000970. The summed E-state index contributed by atoms with van der Waals surface area (Å²) in [5, 5.41) is 6.89. The van der Waals surface area contributed by atoms with Gasteiger partial charge in [-0.05, 0) is 13.0 Å². The van der Waals surface area contributed by atoms with E-state index >= 15 is 0 Å². The smallest absolute Gasteiger partial charge is 0.410 e. The summed E-state index contributed by atoms with van der Waals surface area (Å²) < 4.78 is 41.5. The fraction of sp³-hybridized carbons (Fsp3) is 0.786. The molecule has 1 N–H and O–H groups in total. The number of halogens is 3. The highest BCUT2D eigenvalue weighted by Gasteiger charge is 2.30. The van der Waals surface area contributed by atoms with Crippen molar-refractivity contribution in [2.24, 2.45) is 0 Å². The molecule has 2 heterocycles. The summed E-state index contributed by atoms with van der Waals surface area (Å²) in [7, 11) is 0. The van der Waals surface area contributed by atoms with Gasteiger partial charge in [0.1, 0.15) is 13.2 Å². The highest BCUT2D eigenvalue weighted by molar-refractivity contribution is 5.82. The Kier molecular flexibility index (Phi) is 8.46. The molecule has 0 aromatic heterocycles. The fourth-order valence-corrected chi connectivity index (χ4v) is 2.56. The number of nitrogens with zero attached hydrogens (tertiary/aromatic N) is 3. The normalized spacial score (nSPS) is 18.9. The molecule has 0 aliphatic carbocycles. The van der Waals surface area contributed by atoms with Gasteiger partial charge in [0.15, 0.2) is 0 Å². The highest BCUT2D eigenvalue weighted by Crippen LogP contribution is 2.20. The Bertz CT molecular complexity index is 461. The van der Waals surface area contributed by atoms with Crippen LogP contribution in [0.25, 0.3) is 0 Å². The van der Waals surface area contributed by atoms with Gasteiger partial charge in [-0.2, -0.15) is 13.2 Å². The first kappa shape index (κ1) is 21.0. The van der Waals surface area contributed by atoms with Crippen molar-refractivity contribution in [1.29, 1.82) is 0 Å². The lowest BCUT2D eigenvalue weighted by atomic mass is 10.3. The molecule has 0 radical (unpaired) electrons. The number of hydrogen-bond acceptors (Lipinski definition) is 5. The predicted molar refractivity (Wildman–Crippen MR) is 79.9 cm³/mol. The Morgan fingerprint density at radius 2 is 1.88 bits per heavy atom. The summed E-state index contributed by atoms with van der Waals surface area (Å²) in [5.74, 6) is -0.184. The van der Waals surface area contributed by atoms with E-state index in [4.69, 9.17) is 14.6 Å².